The molecule has 0 aromatic rings. The van der Waals surface area contributed by atoms with Gasteiger partial charge in [0.05, 0.1) is 13.2 Å². The topological polar surface area (TPSA) is 35.5 Å². The third-order valence-corrected chi connectivity index (χ3v) is 4.77. The molecule has 0 N–H and O–H groups in total. The van der Waals surface area contributed by atoms with Gasteiger partial charge in [-0.05, 0) is 25.7 Å². The molecule has 0 aliphatic heterocycles. The quantitative estimate of drug-likeness (QED) is 0.283. The molecular formula is C18H36O3S. The highest BCUT2D eigenvalue weighted by atomic mass is 32.2. The Hall–Kier alpha value is -0.0600. The molecule has 1 aliphatic rings. The molecule has 1 aliphatic carbocycles. The lowest BCUT2D eigenvalue weighted by molar-refractivity contribution is -0.295. The second-order valence-corrected chi connectivity index (χ2v) is 7.40. The molecule has 0 heterocycles. The van der Waals surface area contributed by atoms with Crippen molar-refractivity contribution in [2.24, 2.45) is 0 Å². The van der Waals surface area contributed by atoms with Gasteiger partial charge in [-0.1, -0.05) is 70.6 Å². The van der Waals surface area contributed by atoms with E-state index in [0.717, 1.165) is 26.1 Å². The van der Waals surface area contributed by atoms with Crippen molar-refractivity contribution in [2.45, 2.75) is 96.7 Å². The van der Waals surface area contributed by atoms with Gasteiger partial charge in [0.25, 0.3) is 0 Å². The summed E-state index contributed by atoms with van der Waals surface area (Å²) in [6, 6.07) is 0. The van der Waals surface area contributed by atoms with E-state index in [4.69, 9.17) is 9.78 Å². The highest BCUT2D eigenvalue weighted by Crippen LogP contribution is 2.28. The van der Waals surface area contributed by atoms with Gasteiger partial charge in [0.15, 0.2) is 5.12 Å². The average Bonchev–Trinajstić information content (AvgIpc) is 2.51. The van der Waals surface area contributed by atoms with Crippen LogP contribution in [0.5, 0.6) is 0 Å². The molecule has 0 atom stereocenters. The van der Waals surface area contributed by atoms with E-state index in [1.165, 1.54) is 69.5 Å². The van der Waals surface area contributed by atoms with Crippen molar-refractivity contribution in [1.29, 1.82) is 0 Å². The van der Waals surface area contributed by atoms with E-state index >= 15 is 0 Å². The second-order valence-electron chi connectivity index (χ2n) is 5.93. The predicted molar refractivity (Wildman–Crippen MR) is 96.1 cm³/mol. The minimum Gasteiger partial charge on any atom is -0.288 e. The molecule has 0 bridgehead atoms. The first-order chi connectivity index (χ1) is 10.7. The Morgan fingerprint density at radius 1 is 0.909 bits per heavy atom. The summed E-state index contributed by atoms with van der Waals surface area (Å²) in [4.78, 5) is 20.6. The van der Waals surface area contributed by atoms with Crippen LogP contribution in [0.3, 0.4) is 0 Å². The van der Waals surface area contributed by atoms with Gasteiger partial charge in [0.2, 0.25) is 0 Å². The highest BCUT2D eigenvalue weighted by Gasteiger charge is 2.14. The summed E-state index contributed by atoms with van der Waals surface area (Å²) in [7, 11) is 0. The molecule has 0 unspecified atom stereocenters. The van der Waals surface area contributed by atoms with Crippen LogP contribution in [-0.2, 0) is 14.6 Å². The number of carbonyl (C=O) groups excluding carboxylic acids is 1. The minimum absolute atomic E-state index is 0.284. The van der Waals surface area contributed by atoms with Crippen LogP contribution in [-0.4, -0.2) is 23.6 Å². The molecule has 1 rings (SSSR count). The zero-order valence-corrected chi connectivity index (χ0v) is 15.7. The van der Waals surface area contributed by atoms with Crippen molar-refractivity contribution in [3.05, 3.63) is 0 Å². The van der Waals surface area contributed by atoms with Gasteiger partial charge >= 0.3 is 0 Å². The molecule has 0 amide bonds. The summed E-state index contributed by atoms with van der Waals surface area (Å²) in [5.74, 6) is 0. The van der Waals surface area contributed by atoms with Gasteiger partial charge < -0.3 is 0 Å². The number of hydrogen-bond donors (Lipinski definition) is 0. The van der Waals surface area contributed by atoms with Gasteiger partial charge in [-0.3, -0.25) is 4.79 Å². The van der Waals surface area contributed by atoms with Crippen molar-refractivity contribution in [3.63, 3.8) is 0 Å². The molecule has 0 aromatic carbocycles. The summed E-state index contributed by atoms with van der Waals surface area (Å²) < 4.78 is 0. The fourth-order valence-electron chi connectivity index (χ4n) is 2.36. The maximum absolute atomic E-state index is 10.7. The number of unbranched alkanes of at least 4 members (excludes halogenated alkanes) is 4. The number of hydrogen-bond acceptors (Lipinski definition) is 4. The van der Waals surface area contributed by atoms with E-state index in [1.807, 2.05) is 0 Å². The fraction of sp³-hybridized carbons (Fsp3) is 0.944. The number of thioether (sulfide) groups is 1. The maximum Gasteiger partial charge on any atom is 0.186 e. The summed E-state index contributed by atoms with van der Waals surface area (Å²) in [5.41, 5.74) is 0. The molecule has 132 valence electrons. The van der Waals surface area contributed by atoms with Gasteiger partial charge in [-0.15, -0.1) is 0 Å². The van der Waals surface area contributed by atoms with Crippen LogP contribution in [0.4, 0.5) is 0 Å². The molecule has 3 nitrogen and oxygen atoms in total. The molecule has 22 heavy (non-hydrogen) atoms. The van der Waals surface area contributed by atoms with Gasteiger partial charge in [0, 0.05) is 12.2 Å². The molecule has 0 spiro atoms. The zero-order chi connectivity index (χ0) is 16.5. The summed E-state index contributed by atoms with van der Waals surface area (Å²) in [5, 5.41) is 0.929. The van der Waals surface area contributed by atoms with Crippen molar-refractivity contribution in [3.8, 4) is 0 Å². The number of carbonyl (C=O) groups is 1. The first-order valence-corrected chi connectivity index (χ1v) is 10.00. The lowest BCUT2D eigenvalue weighted by Crippen LogP contribution is -2.09. The van der Waals surface area contributed by atoms with E-state index in [-0.39, 0.29) is 5.12 Å². The SMILES string of the molecule is CC(=O)SC1CCCCC1.CCCCCOOCCCCC. The van der Waals surface area contributed by atoms with E-state index in [0.29, 0.717) is 5.25 Å². The Balaban J connectivity index is 0.000000406. The van der Waals surface area contributed by atoms with Crippen LogP contribution in [0.2, 0.25) is 0 Å². The Morgan fingerprint density at radius 2 is 1.41 bits per heavy atom. The van der Waals surface area contributed by atoms with E-state index in [2.05, 4.69) is 13.8 Å². The molecule has 4 heteroatoms. The Labute approximate surface area is 141 Å². The van der Waals surface area contributed by atoms with Gasteiger partial charge in [-0.25, -0.2) is 9.78 Å². The molecular weight excluding hydrogens is 296 g/mol. The predicted octanol–water partition coefficient (Wildman–Crippen LogP) is 5.91. The van der Waals surface area contributed by atoms with E-state index in [9.17, 15) is 4.79 Å². The van der Waals surface area contributed by atoms with Crippen molar-refractivity contribution < 1.29 is 14.6 Å². The molecule has 0 radical (unpaired) electrons. The third kappa shape index (κ3) is 16.3. The van der Waals surface area contributed by atoms with Gasteiger partial charge in [-0.2, -0.15) is 0 Å². The van der Waals surface area contributed by atoms with Crippen molar-refractivity contribution in [2.75, 3.05) is 13.2 Å². The van der Waals surface area contributed by atoms with Crippen LogP contribution >= 0.6 is 11.8 Å². The second kappa shape index (κ2) is 17.3. The van der Waals surface area contributed by atoms with E-state index in [1.54, 1.807) is 6.92 Å². The van der Waals surface area contributed by atoms with Crippen LogP contribution in [0.1, 0.15) is 91.4 Å². The van der Waals surface area contributed by atoms with Crippen LogP contribution < -0.4 is 0 Å². The Bertz CT molecular complexity index is 230. The smallest absolute Gasteiger partial charge is 0.186 e. The molecule has 1 saturated carbocycles. The summed E-state index contributed by atoms with van der Waals surface area (Å²) >= 11 is 1.54. The average molecular weight is 333 g/mol. The van der Waals surface area contributed by atoms with Crippen LogP contribution in [0.25, 0.3) is 0 Å². The minimum atomic E-state index is 0.284. The lowest BCUT2D eigenvalue weighted by Gasteiger charge is -2.18. The monoisotopic (exact) mass is 332 g/mol. The first-order valence-electron chi connectivity index (χ1n) is 9.12. The molecule has 1 fully saturated rings. The molecule has 0 aromatic heterocycles. The highest BCUT2D eigenvalue weighted by molar-refractivity contribution is 8.14. The normalized spacial score (nSPS) is 15.2. The standard InChI is InChI=1S/C10H22O2.C8H14OS/c1-3-5-7-9-11-12-10-8-6-4-2;1-7(9)10-8-5-3-2-4-6-8/h3-10H2,1-2H3;8H,2-6H2,1H3. The summed E-state index contributed by atoms with van der Waals surface area (Å²) in [6.07, 6.45) is 13.7. The lowest BCUT2D eigenvalue weighted by atomic mass is 10.0. The van der Waals surface area contributed by atoms with Gasteiger partial charge in [0.1, 0.15) is 0 Å². The maximum atomic E-state index is 10.7. The largest absolute Gasteiger partial charge is 0.288 e. The van der Waals surface area contributed by atoms with Crippen LogP contribution in [0, 0.1) is 0 Å². The first kappa shape index (κ1) is 21.9. The Morgan fingerprint density at radius 3 is 1.82 bits per heavy atom. The Kier molecular flexibility index (Phi) is 17.2. The van der Waals surface area contributed by atoms with Crippen molar-refractivity contribution >= 4 is 16.9 Å². The fourth-order valence-corrected chi connectivity index (χ4v) is 3.40. The van der Waals surface area contributed by atoms with Crippen molar-refractivity contribution in [1.82, 2.24) is 0 Å². The van der Waals surface area contributed by atoms with E-state index < -0.39 is 0 Å². The summed E-state index contributed by atoms with van der Waals surface area (Å²) in [6.45, 7) is 7.53. The zero-order valence-electron chi connectivity index (χ0n) is 14.9. The number of rotatable bonds is 10. The van der Waals surface area contributed by atoms with Crippen LogP contribution in [0.15, 0.2) is 0 Å². The molecule has 0 saturated heterocycles. The third-order valence-electron chi connectivity index (χ3n) is 3.63.